The van der Waals surface area contributed by atoms with Crippen molar-refractivity contribution in [1.29, 1.82) is 0 Å². The Morgan fingerprint density at radius 3 is 2.07 bits per heavy atom. The summed E-state index contributed by atoms with van der Waals surface area (Å²) in [6.45, 7) is 0. The molecule has 0 saturated heterocycles. The predicted octanol–water partition coefficient (Wildman–Crippen LogP) is 15.2. The average Bonchev–Trinajstić information content (AvgIpc) is 3.96. The van der Waals surface area contributed by atoms with Crippen molar-refractivity contribution in [3.05, 3.63) is 182 Å². The molecule has 0 aliphatic carbocycles. The molecule has 0 spiro atoms. The fourth-order valence-electron chi connectivity index (χ4n) is 8.39. The van der Waals surface area contributed by atoms with Crippen LogP contribution in [0.25, 0.3) is 97.3 Å². The molecule has 0 bridgehead atoms. The molecule has 0 fully saturated rings. The van der Waals surface area contributed by atoms with Crippen LogP contribution >= 0.6 is 11.3 Å². The molecular weight excluding hydrogens is 705 g/mol. The number of rotatable bonds is 5. The normalized spacial score (nSPS) is 11.9. The van der Waals surface area contributed by atoms with Crippen molar-refractivity contribution in [1.82, 2.24) is 4.98 Å². The van der Waals surface area contributed by atoms with Crippen molar-refractivity contribution in [2.45, 2.75) is 0 Å². The summed E-state index contributed by atoms with van der Waals surface area (Å²) in [4.78, 5) is 7.31. The van der Waals surface area contributed by atoms with Gasteiger partial charge < -0.3 is 13.7 Å². The number of fused-ring (bicyclic) bond motifs is 10. The molecule has 0 N–H and O–H groups in total. The lowest BCUT2D eigenvalue weighted by atomic mass is 10.0. The van der Waals surface area contributed by atoms with E-state index in [4.69, 9.17) is 13.8 Å². The maximum atomic E-state index is 6.68. The van der Waals surface area contributed by atoms with E-state index >= 15 is 0 Å². The van der Waals surface area contributed by atoms with Gasteiger partial charge >= 0.3 is 0 Å². The molecule has 12 rings (SSSR count). The van der Waals surface area contributed by atoms with E-state index in [1.807, 2.05) is 41.7 Å². The molecule has 56 heavy (non-hydrogen) atoms. The fourth-order valence-corrected chi connectivity index (χ4v) is 9.51. The summed E-state index contributed by atoms with van der Waals surface area (Å²) in [7, 11) is 0. The SMILES string of the molecule is c1ccc(-c2cccc(N(c3ccc4c(c3)oc3cccc(-c5nc6ccc7ccccc7c6o5)c34)c3ccc4sc5cc6ccccc6cc5c4c3)c2)cc1. The number of aromatic nitrogens is 1. The number of hydrogen-bond acceptors (Lipinski definition) is 5. The van der Waals surface area contributed by atoms with Crippen LogP contribution in [0.3, 0.4) is 0 Å². The lowest BCUT2D eigenvalue weighted by Gasteiger charge is -2.26. The minimum absolute atomic E-state index is 0.581. The zero-order chi connectivity index (χ0) is 36.7. The number of hydrogen-bond donors (Lipinski definition) is 0. The molecule has 5 heteroatoms. The molecule has 9 aromatic carbocycles. The van der Waals surface area contributed by atoms with E-state index in [1.165, 1.54) is 36.5 Å². The Balaban J connectivity index is 1.04. The van der Waals surface area contributed by atoms with Crippen LogP contribution in [0.4, 0.5) is 17.1 Å². The van der Waals surface area contributed by atoms with Crippen LogP contribution in [0, 0.1) is 0 Å². The molecule has 0 atom stereocenters. The Kier molecular flexibility index (Phi) is 6.76. The van der Waals surface area contributed by atoms with E-state index in [1.54, 1.807) is 0 Å². The van der Waals surface area contributed by atoms with Gasteiger partial charge in [-0.1, -0.05) is 103 Å². The number of anilines is 3. The van der Waals surface area contributed by atoms with Crippen LogP contribution < -0.4 is 4.90 Å². The maximum absolute atomic E-state index is 6.68. The van der Waals surface area contributed by atoms with Gasteiger partial charge in [-0.05, 0) is 100 Å². The number of benzene rings is 9. The third kappa shape index (κ3) is 4.88. The van der Waals surface area contributed by atoms with Gasteiger partial charge in [0.1, 0.15) is 16.7 Å². The summed E-state index contributed by atoms with van der Waals surface area (Å²) >= 11 is 1.85. The molecule has 3 aromatic heterocycles. The smallest absolute Gasteiger partial charge is 0.228 e. The molecule has 0 aliphatic heterocycles. The highest BCUT2D eigenvalue weighted by Gasteiger charge is 2.21. The van der Waals surface area contributed by atoms with Crippen LogP contribution in [0.1, 0.15) is 0 Å². The van der Waals surface area contributed by atoms with Gasteiger partial charge in [0.25, 0.3) is 0 Å². The first-order valence-corrected chi connectivity index (χ1v) is 19.6. The van der Waals surface area contributed by atoms with Gasteiger partial charge in [0.2, 0.25) is 5.89 Å². The largest absolute Gasteiger partial charge is 0.456 e. The second-order valence-electron chi connectivity index (χ2n) is 14.3. The Morgan fingerprint density at radius 2 is 1.16 bits per heavy atom. The third-order valence-electron chi connectivity index (χ3n) is 11.0. The van der Waals surface area contributed by atoms with E-state index in [9.17, 15) is 0 Å². The number of nitrogens with zero attached hydrogens (tertiary/aromatic N) is 2. The highest BCUT2D eigenvalue weighted by molar-refractivity contribution is 7.25. The van der Waals surface area contributed by atoms with E-state index in [2.05, 4.69) is 157 Å². The van der Waals surface area contributed by atoms with Crippen molar-refractivity contribution >= 4 is 103 Å². The maximum Gasteiger partial charge on any atom is 0.228 e. The van der Waals surface area contributed by atoms with Crippen LogP contribution in [0.2, 0.25) is 0 Å². The fraction of sp³-hybridized carbons (Fsp3) is 0. The van der Waals surface area contributed by atoms with Crippen molar-refractivity contribution in [2.75, 3.05) is 4.90 Å². The molecule has 12 aromatic rings. The first-order chi connectivity index (χ1) is 27.7. The second-order valence-corrected chi connectivity index (χ2v) is 15.4. The standard InChI is InChI=1S/C51H30N2O2S/c1-2-10-31(11-3-1)33-15-8-16-36(26-33)53(37-22-25-47-43(29-37)42-27-34-13-4-5-14-35(34)28-48(42)56-47)38-21-23-40-46(30-38)54-45-19-9-18-41(49(40)45)51-52-44-24-20-32-12-6-7-17-39(32)50(44)55-51/h1-30H. The first-order valence-electron chi connectivity index (χ1n) is 18.8. The highest BCUT2D eigenvalue weighted by Crippen LogP contribution is 2.45. The zero-order valence-electron chi connectivity index (χ0n) is 29.9. The number of oxazole rings is 1. The van der Waals surface area contributed by atoms with Gasteiger partial charge in [-0.15, -0.1) is 11.3 Å². The van der Waals surface area contributed by atoms with Crippen LogP contribution in [0.15, 0.2) is 191 Å². The lowest BCUT2D eigenvalue weighted by molar-refractivity contribution is 0.623. The summed E-state index contributed by atoms with van der Waals surface area (Å²) < 4.78 is 15.8. The topological polar surface area (TPSA) is 42.4 Å². The van der Waals surface area contributed by atoms with Gasteiger partial charge in [-0.25, -0.2) is 4.98 Å². The lowest BCUT2D eigenvalue weighted by Crippen LogP contribution is -2.09. The molecule has 0 radical (unpaired) electrons. The molecule has 262 valence electrons. The van der Waals surface area contributed by atoms with Gasteiger partial charge in [-0.2, -0.15) is 0 Å². The van der Waals surface area contributed by atoms with Crippen molar-refractivity contribution in [3.63, 3.8) is 0 Å². The van der Waals surface area contributed by atoms with E-state index in [0.717, 1.165) is 72.0 Å². The zero-order valence-corrected chi connectivity index (χ0v) is 30.8. The molecule has 3 heterocycles. The molecular formula is C51H30N2O2S. The Bertz CT molecular complexity index is 3500. The molecule has 0 aliphatic rings. The van der Waals surface area contributed by atoms with Crippen LogP contribution in [-0.4, -0.2) is 4.98 Å². The van der Waals surface area contributed by atoms with Crippen molar-refractivity contribution in [3.8, 4) is 22.6 Å². The van der Waals surface area contributed by atoms with E-state index in [-0.39, 0.29) is 0 Å². The van der Waals surface area contributed by atoms with Gasteiger partial charge in [0, 0.05) is 65.0 Å². The number of thiophene rings is 1. The second kappa shape index (κ2) is 12.2. The molecule has 0 saturated carbocycles. The Hall–Kier alpha value is -7.21. The van der Waals surface area contributed by atoms with Crippen molar-refractivity contribution in [2.24, 2.45) is 0 Å². The number of furan rings is 1. The molecule has 4 nitrogen and oxygen atoms in total. The molecule has 0 unspecified atom stereocenters. The molecule has 0 amide bonds. The Morgan fingerprint density at radius 1 is 0.429 bits per heavy atom. The van der Waals surface area contributed by atoms with E-state index in [0.29, 0.717) is 5.89 Å². The average molecular weight is 735 g/mol. The van der Waals surface area contributed by atoms with Crippen LogP contribution in [0.5, 0.6) is 0 Å². The quantitative estimate of drug-likeness (QED) is 0.177. The first kappa shape index (κ1) is 31.2. The van der Waals surface area contributed by atoms with Gasteiger partial charge in [0.05, 0.1) is 0 Å². The van der Waals surface area contributed by atoms with Gasteiger partial charge in [-0.3, -0.25) is 0 Å². The van der Waals surface area contributed by atoms with E-state index < -0.39 is 0 Å². The predicted molar refractivity (Wildman–Crippen MR) is 235 cm³/mol. The summed E-state index contributed by atoms with van der Waals surface area (Å²) in [5.74, 6) is 0.581. The minimum Gasteiger partial charge on any atom is -0.456 e. The summed E-state index contributed by atoms with van der Waals surface area (Å²) in [6.07, 6.45) is 0. The minimum atomic E-state index is 0.581. The monoisotopic (exact) mass is 734 g/mol. The Labute approximate surface area is 325 Å². The highest BCUT2D eigenvalue weighted by atomic mass is 32.1. The third-order valence-corrected chi connectivity index (χ3v) is 12.2. The summed E-state index contributed by atoms with van der Waals surface area (Å²) in [5, 5.41) is 9.21. The van der Waals surface area contributed by atoms with Gasteiger partial charge in [0.15, 0.2) is 5.58 Å². The summed E-state index contributed by atoms with van der Waals surface area (Å²) in [6, 6.07) is 64.5. The summed E-state index contributed by atoms with van der Waals surface area (Å²) in [5.41, 5.74) is 9.59. The van der Waals surface area contributed by atoms with Crippen molar-refractivity contribution < 1.29 is 8.83 Å². The van der Waals surface area contributed by atoms with Crippen LogP contribution in [-0.2, 0) is 0 Å².